The fraction of sp³-hybridized carbons (Fsp3) is 0.267. The number of pyridine rings is 1. The van der Waals surface area contributed by atoms with Crippen LogP contribution in [0.5, 0.6) is 0 Å². The molecule has 1 aromatic carbocycles. The molecule has 1 heterocycles. The first-order valence-electron chi connectivity index (χ1n) is 6.53. The second-order valence-corrected chi connectivity index (χ2v) is 4.47. The first-order valence-corrected chi connectivity index (χ1v) is 6.53. The molecule has 106 valence electrons. The summed E-state index contributed by atoms with van der Waals surface area (Å²) in [4.78, 5) is 3.87. The molecular formula is C15H17F2N3. The Hall–Kier alpha value is -2.17. The van der Waals surface area contributed by atoms with Crippen LogP contribution in [0.2, 0.25) is 0 Å². The molecule has 0 aliphatic rings. The van der Waals surface area contributed by atoms with Gasteiger partial charge in [-0.1, -0.05) is 25.5 Å². The molecule has 2 rings (SSSR count). The van der Waals surface area contributed by atoms with Crippen LogP contribution in [0, 0.1) is 11.6 Å². The van der Waals surface area contributed by atoms with Crippen molar-refractivity contribution in [3.63, 3.8) is 0 Å². The van der Waals surface area contributed by atoms with Crippen molar-refractivity contribution < 1.29 is 8.78 Å². The van der Waals surface area contributed by atoms with Gasteiger partial charge in [0.15, 0.2) is 23.3 Å². The number of aryl methyl sites for hydroxylation is 1. The molecule has 0 saturated heterocycles. The third-order valence-electron chi connectivity index (χ3n) is 2.92. The zero-order valence-electron chi connectivity index (χ0n) is 11.5. The van der Waals surface area contributed by atoms with E-state index >= 15 is 0 Å². The summed E-state index contributed by atoms with van der Waals surface area (Å²) in [5.41, 5.74) is 1.94. The highest BCUT2D eigenvalue weighted by Gasteiger charge is 2.11. The van der Waals surface area contributed by atoms with Crippen molar-refractivity contribution >= 4 is 17.3 Å². The van der Waals surface area contributed by atoms with Crippen LogP contribution in [0.1, 0.15) is 18.9 Å². The van der Waals surface area contributed by atoms with Gasteiger partial charge in [0.1, 0.15) is 0 Å². The van der Waals surface area contributed by atoms with Gasteiger partial charge in [0.05, 0.1) is 0 Å². The normalized spacial score (nSPS) is 10.4. The van der Waals surface area contributed by atoms with Crippen LogP contribution in [0.25, 0.3) is 0 Å². The number of nitrogens with zero attached hydrogens (tertiary/aromatic N) is 1. The number of nitrogens with one attached hydrogen (secondary N) is 2. The van der Waals surface area contributed by atoms with E-state index in [-0.39, 0.29) is 11.6 Å². The van der Waals surface area contributed by atoms with Crippen LogP contribution in [0.3, 0.4) is 0 Å². The first kappa shape index (κ1) is 14.2. The van der Waals surface area contributed by atoms with E-state index in [9.17, 15) is 8.78 Å². The van der Waals surface area contributed by atoms with E-state index in [0.29, 0.717) is 5.69 Å². The van der Waals surface area contributed by atoms with Gasteiger partial charge in [-0.15, -0.1) is 0 Å². The highest BCUT2D eigenvalue weighted by Crippen LogP contribution is 2.22. The number of hydrogen-bond donors (Lipinski definition) is 2. The van der Waals surface area contributed by atoms with Crippen LogP contribution in [0.15, 0.2) is 30.3 Å². The van der Waals surface area contributed by atoms with E-state index in [1.165, 1.54) is 12.6 Å². The fourth-order valence-electron chi connectivity index (χ4n) is 1.91. The molecule has 0 spiro atoms. The molecule has 5 heteroatoms. The van der Waals surface area contributed by atoms with E-state index in [1.807, 2.05) is 24.3 Å². The zero-order chi connectivity index (χ0) is 14.5. The lowest BCUT2D eigenvalue weighted by Crippen LogP contribution is -2.03. The maximum absolute atomic E-state index is 13.7. The Labute approximate surface area is 117 Å². The molecule has 2 N–H and O–H groups in total. The Morgan fingerprint density at radius 2 is 1.70 bits per heavy atom. The van der Waals surface area contributed by atoms with Crippen molar-refractivity contribution in [2.75, 3.05) is 17.7 Å². The second-order valence-electron chi connectivity index (χ2n) is 4.47. The van der Waals surface area contributed by atoms with Gasteiger partial charge in [-0.3, -0.25) is 0 Å². The molecule has 0 amide bonds. The quantitative estimate of drug-likeness (QED) is 0.864. The summed E-state index contributed by atoms with van der Waals surface area (Å²) in [6, 6.07) is 8.48. The van der Waals surface area contributed by atoms with E-state index < -0.39 is 11.6 Å². The topological polar surface area (TPSA) is 37.0 Å². The molecule has 0 saturated carbocycles. The molecule has 0 aliphatic carbocycles. The lowest BCUT2D eigenvalue weighted by molar-refractivity contribution is 0.580. The Bertz CT molecular complexity index is 582. The largest absolute Gasteiger partial charge is 0.371 e. The smallest absolute Gasteiger partial charge is 0.169 e. The number of aromatic nitrogens is 1. The minimum absolute atomic E-state index is 0.000934. The average Bonchev–Trinajstić information content (AvgIpc) is 2.44. The lowest BCUT2D eigenvalue weighted by Gasteiger charge is -2.10. The van der Waals surface area contributed by atoms with Gasteiger partial charge in [0.25, 0.3) is 0 Å². The standard InChI is InChI=1S/C15H17F2N3/c1-3-4-10-5-7-11(8-6-10)19-15-13(17)9-12(16)14(18-2)20-15/h5-9H,3-4H2,1-2H3,(H2,18,19,20). The molecule has 0 radical (unpaired) electrons. The number of hydrogen-bond acceptors (Lipinski definition) is 3. The van der Waals surface area contributed by atoms with E-state index in [0.717, 1.165) is 18.9 Å². The van der Waals surface area contributed by atoms with Crippen LogP contribution in [-0.4, -0.2) is 12.0 Å². The zero-order valence-corrected chi connectivity index (χ0v) is 11.5. The summed E-state index contributed by atoms with van der Waals surface area (Å²) in [6.45, 7) is 2.11. The Balaban J connectivity index is 2.21. The summed E-state index contributed by atoms with van der Waals surface area (Å²) in [5.74, 6) is -1.43. The fourth-order valence-corrected chi connectivity index (χ4v) is 1.91. The van der Waals surface area contributed by atoms with Gasteiger partial charge in [-0.2, -0.15) is 0 Å². The molecule has 0 aliphatic heterocycles. The van der Waals surface area contributed by atoms with Gasteiger partial charge < -0.3 is 10.6 Å². The molecular weight excluding hydrogens is 260 g/mol. The van der Waals surface area contributed by atoms with Crippen LogP contribution in [-0.2, 0) is 6.42 Å². The van der Waals surface area contributed by atoms with Crippen molar-refractivity contribution in [1.29, 1.82) is 0 Å². The van der Waals surface area contributed by atoms with Crippen LogP contribution in [0.4, 0.5) is 26.1 Å². The highest BCUT2D eigenvalue weighted by atomic mass is 19.1. The van der Waals surface area contributed by atoms with Crippen LogP contribution >= 0.6 is 0 Å². The van der Waals surface area contributed by atoms with Crippen LogP contribution < -0.4 is 10.6 Å². The third kappa shape index (κ3) is 3.23. The predicted molar refractivity (Wildman–Crippen MR) is 77.4 cm³/mol. The summed E-state index contributed by atoms with van der Waals surface area (Å²) in [7, 11) is 1.53. The molecule has 20 heavy (non-hydrogen) atoms. The van der Waals surface area contributed by atoms with Gasteiger partial charge in [-0.05, 0) is 24.1 Å². The second kappa shape index (κ2) is 6.32. The monoisotopic (exact) mass is 277 g/mol. The maximum atomic E-state index is 13.7. The molecule has 0 atom stereocenters. The SMILES string of the molecule is CCCc1ccc(Nc2nc(NC)c(F)cc2F)cc1. The Morgan fingerprint density at radius 3 is 2.30 bits per heavy atom. The first-order chi connectivity index (χ1) is 9.63. The summed E-state index contributed by atoms with van der Waals surface area (Å²) in [5, 5.41) is 5.43. The van der Waals surface area contributed by atoms with Crippen molar-refractivity contribution in [2.24, 2.45) is 0 Å². The van der Waals surface area contributed by atoms with Gasteiger partial charge >= 0.3 is 0 Å². The number of halogens is 2. The molecule has 0 bridgehead atoms. The van der Waals surface area contributed by atoms with Crippen molar-refractivity contribution in [3.05, 3.63) is 47.5 Å². The molecule has 0 fully saturated rings. The Morgan fingerprint density at radius 1 is 1.05 bits per heavy atom. The predicted octanol–water partition coefficient (Wildman–Crippen LogP) is 4.10. The molecule has 3 nitrogen and oxygen atoms in total. The Kier molecular flexibility index (Phi) is 4.50. The van der Waals surface area contributed by atoms with E-state index in [4.69, 9.17) is 0 Å². The molecule has 1 aromatic heterocycles. The summed E-state index contributed by atoms with van der Waals surface area (Å²) >= 11 is 0. The lowest BCUT2D eigenvalue weighted by atomic mass is 10.1. The van der Waals surface area contributed by atoms with Crippen molar-refractivity contribution in [1.82, 2.24) is 4.98 Å². The maximum Gasteiger partial charge on any atom is 0.169 e. The van der Waals surface area contributed by atoms with Gasteiger partial charge in [0, 0.05) is 18.8 Å². The number of anilines is 3. The summed E-state index contributed by atoms with van der Waals surface area (Å²) in [6.07, 6.45) is 2.08. The molecule has 2 aromatic rings. The molecule has 0 unspecified atom stereocenters. The third-order valence-corrected chi connectivity index (χ3v) is 2.92. The number of benzene rings is 1. The van der Waals surface area contributed by atoms with Crippen molar-refractivity contribution in [3.8, 4) is 0 Å². The minimum Gasteiger partial charge on any atom is -0.371 e. The van der Waals surface area contributed by atoms with E-state index in [1.54, 1.807) is 0 Å². The van der Waals surface area contributed by atoms with Gasteiger partial charge in [0.2, 0.25) is 0 Å². The van der Waals surface area contributed by atoms with E-state index in [2.05, 4.69) is 22.5 Å². The number of rotatable bonds is 5. The minimum atomic E-state index is -0.723. The highest BCUT2D eigenvalue weighted by molar-refractivity contribution is 5.59. The average molecular weight is 277 g/mol. The van der Waals surface area contributed by atoms with Gasteiger partial charge in [-0.25, -0.2) is 13.8 Å². The van der Waals surface area contributed by atoms with Crippen molar-refractivity contribution in [2.45, 2.75) is 19.8 Å². The summed E-state index contributed by atoms with van der Waals surface area (Å²) < 4.78 is 27.0.